The fourth-order valence-corrected chi connectivity index (χ4v) is 2.18. The Kier molecular flexibility index (Phi) is 6.21. The van der Waals surface area contributed by atoms with Crippen LogP contribution in [-0.2, 0) is 4.79 Å². The number of halogens is 2. The molecular formula is C18H17ClFNO3. The van der Waals surface area contributed by atoms with E-state index in [9.17, 15) is 9.18 Å². The van der Waals surface area contributed by atoms with Crippen LogP contribution in [0.25, 0.3) is 6.08 Å². The second-order valence-corrected chi connectivity index (χ2v) is 5.20. The molecule has 1 amide bonds. The minimum atomic E-state index is -0.535. The van der Waals surface area contributed by atoms with Gasteiger partial charge in [-0.15, -0.1) is 0 Å². The topological polar surface area (TPSA) is 47.6 Å². The number of hydrogen-bond acceptors (Lipinski definition) is 3. The molecule has 0 saturated heterocycles. The molecule has 0 aromatic heterocycles. The lowest BCUT2D eigenvalue weighted by molar-refractivity contribution is -0.111. The van der Waals surface area contributed by atoms with Crippen LogP contribution >= 0.6 is 11.6 Å². The number of amides is 1. The van der Waals surface area contributed by atoms with Crippen molar-refractivity contribution in [1.82, 2.24) is 0 Å². The van der Waals surface area contributed by atoms with Crippen molar-refractivity contribution in [2.45, 2.75) is 6.92 Å². The second kappa shape index (κ2) is 8.36. The molecule has 0 saturated carbocycles. The molecule has 126 valence electrons. The fourth-order valence-electron chi connectivity index (χ4n) is 1.99. The zero-order valence-corrected chi connectivity index (χ0v) is 14.1. The maximum Gasteiger partial charge on any atom is 0.248 e. The first-order valence-corrected chi connectivity index (χ1v) is 7.66. The number of nitrogens with one attached hydrogen (secondary N) is 1. The minimum absolute atomic E-state index is 0.0479. The number of rotatable bonds is 6. The van der Waals surface area contributed by atoms with Crippen LogP contribution in [0.3, 0.4) is 0 Å². The molecule has 0 atom stereocenters. The standard InChI is InChI=1S/C18H17ClFNO3/c1-3-24-17-10-12(4-8-16(17)23-2)5-9-18(22)21-13-6-7-15(20)14(19)11-13/h4-11H,3H2,1-2H3,(H,21,22)/b9-5+. The van der Waals surface area contributed by atoms with E-state index in [4.69, 9.17) is 21.1 Å². The maximum atomic E-state index is 13.1. The molecule has 4 nitrogen and oxygen atoms in total. The quantitative estimate of drug-likeness (QED) is 0.779. The number of ether oxygens (including phenoxy) is 2. The van der Waals surface area contributed by atoms with Gasteiger partial charge in [0.15, 0.2) is 11.5 Å². The van der Waals surface area contributed by atoms with Crippen LogP contribution < -0.4 is 14.8 Å². The predicted molar refractivity (Wildman–Crippen MR) is 93.2 cm³/mol. The number of carbonyl (C=O) groups excluding carboxylic acids is 1. The first-order valence-electron chi connectivity index (χ1n) is 7.28. The summed E-state index contributed by atoms with van der Waals surface area (Å²) < 4.78 is 23.8. The first-order chi connectivity index (χ1) is 11.5. The minimum Gasteiger partial charge on any atom is -0.493 e. The number of carbonyl (C=O) groups is 1. The highest BCUT2D eigenvalue weighted by Crippen LogP contribution is 2.28. The summed E-state index contributed by atoms with van der Waals surface area (Å²) in [4.78, 5) is 11.9. The average molecular weight is 350 g/mol. The summed E-state index contributed by atoms with van der Waals surface area (Å²) in [5.41, 5.74) is 1.20. The van der Waals surface area contributed by atoms with Gasteiger partial charge >= 0.3 is 0 Å². The van der Waals surface area contributed by atoms with Crippen LogP contribution in [0.1, 0.15) is 12.5 Å². The van der Waals surface area contributed by atoms with E-state index < -0.39 is 5.82 Å². The molecule has 6 heteroatoms. The Hall–Kier alpha value is -2.53. The van der Waals surface area contributed by atoms with Crippen molar-refractivity contribution in [2.75, 3.05) is 19.0 Å². The van der Waals surface area contributed by atoms with Gasteiger partial charge in [0.1, 0.15) is 5.82 Å². The van der Waals surface area contributed by atoms with E-state index in [0.717, 1.165) is 5.56 Å². The Morgan fingerprint density at radius 2 is 2.04 bits per heavy atom. The van der Waals surface area contributed by atoms with E-state index in [1.807, 2.05) is 6.92 Å². The zero-order valence-electron chi connectivity index (χ0n) is 13.3. The second-order valence-electron chi connectivity index (χ2n) is 4.79. The van der Waals surface area contributed by atoms with Crippen LogP contribution in [0.2, 0.25) is 5.02 Å². The van der Waals surface area contributed by atoms with Crippen molar-refractivity contribution in [2.24, 2.45) is 0 Å². The van der Waals surface area contributed by atoms with Crippen molar-refractivity contribution in [1.29, 1.82) is 0 Å². The van der Waals surface area contributed by atoms with Gasteiger partial charge in [0.25, 0.3) is 0 Å². The molecular weight excluding hydrogens is 333 g/mol. The number of methoxy groups -OCH3 is 1. The summed E-state index contributed by atoms with van der Waals surface area (Å²) in [6.45, 7) is 2.39. The molecule has 2 aromatic carbocycles. The van der Waals surface area contributed by atoms with Gasteiger partial charge in [0.2, 0.25) is 5.91 Å². The van der Waals surface area contributed by atoms with E-state index in [-0.39, 0.29) is 10.9 Å². The summed E-state index contributed by atoms with van der Waals surface area (Å²) in [5, 5.41) is 2.56. The van der Waals surface area contributed by atoms with Gasteiger partial charge in [0, 0.05) is 11.8 Å². The van der Waals surface area contributed by atoms with Gasteiger partial charge in [-0.1, -0.05) is 17.7 Å². The van der Waals surface area contributed by atoms with Crippen LogP contribution in [0.15, 0.2) is 42.5 Å². The molecule has 0 heterocycles. The third-order valence-electron chi connectivity index (χ3n) is 3.10. The van der Waals surface area contributed by atoms with Gasteiger partial charge in [-0.25, -0.2) is 4.39 Å². The largest absolute Gasteiger partial charge is 0.493 e. The summed E-state index contributed by atoms with van der Waals surface area (Å²) in [5.74, 6) is 0.339. The lowest BCUT2D eigenvalue weighted by Crippen LogP contribution is -2.07. The molecule has 0 aliphatic rings. The average Bonchev–Trinajstić information content (AvgIpc) is 2.57. The molecule has 0 unspecified atom stereocenters. The molecule has 0 aliphatic heterocycles. The molecule has 0 radical (unpaired) electrons. The van der Waals surface area contributed by atoms with Gasteiger partial charge in [-0.3, -0.25) is 4.79 Å². The molecule has 0 fully saturated rings. The van der Waals surface area contributed by atoms with Crippen molar-refractivity contribution in [3.8, 4) is 11.5 Å². The van der Waals surface area contributed by atoms with Crippen LogP contribution in [0.4, 0.5) is 10.1 Å². The molecule has 0 bridgehead atoms. The molecule has 24 heavy (non-hydrogen) atoms. The third-order valence-corrected chi connectivity index (χ3v) is 3.39. The number of anilines is 1. The Morgan fingerprint density at radius 3 is 2.71 bits per heavy atom. The van der Waals surface area contributed by atoms with E-state index in [0.29, 0.717) is 23.8 Å². The van der Waals surface area contributed by atoms with Gasteiger partial charge in [0.05, 0.1) is 18.7 Å². The maximum absolute atomic E-state index is 13.1. The van der Waals surface area contributed by atoms with Crippen molar-refractivity contribution in [3.63, 3.8) is 0 Å². The highest BCUT2D eigenvalue weighted by atomic mass is 35.5. The summed E-state index contributed by atoms with van der Waals surface area (Å²) >= 11 is 5.68. The SMILES string of the molecule is CCOc1cc(/C=C/C(=O)Nc2ccc(F)c(Cl)c2)ccc1OC. The Morgan fingerprint density at radius 1 is 1.25 bits per heavy atom. The summed E-state index contributed by atoms with van der Waals surface area (Å²) in [6.07, 6.45) is 3.01. The highest BCUT2D eigenvalue weighted by Gasteiger charge is 2.05. The summed E-state index contributed by atoms with van der Waals surface area (Å²) in [7, 11) is 1.56. The zero-order chi connectivity index (χ0) is 17.5. The van der Waals surface area contributed by atoms with E-state index in [2.05, 4.69) is 5.32 Å². The highest BCUT2D eigenvalue weighted by molar-refractivity contribution is 6.31. The van der Waals surface area contributed by atoms with Crippen molar-refractivity contribution >= 4 is 29.3 Å². The number of benzene rings is 2. The van der Waals surface area contributed by atoms with Crippen LogP contribution in [0, 0.1) is 5.82 Å². The van der Waals surface area contributed by atoms with Crippen molar-refractivity contribution < 1.29 is 18.7 Å². The lowest BCUT2D eigenvalue weighted by atomic mass is 10.2. The predicted octanol–water partition coefficient (Wildman–Crippen LogP) is 4.54. The van der Waals surface area contributed by atoms with E-state index in [1.165, 1.54) is 24.3 Å². The Labute approximate surface area is 144 Å². The Balaban J connectivity index is 2.07. The molecule has 0 aliphatic carbocycles. The number of hydrogen-bond donors (Lipinski definition) is 1. The first kappa shape index (κ1) is 17.8. The third kappa shape index (κ3) is 4.73. The molecule has 2 rings (SSSR count). The van der Waals surface area contributed by atoms with E-state index >= 15 is 0 Å². The van der Waals surface area contributed by atoms with Gasteiger partial charge < -0.3 is 14.8 Å². The van der Waals surface area contributed by atoms with E-state index in [1.54, 1.807) is 31.4 Å². The molecule has 0 spiro atoms. The normalized spacial score (nSPS) is 10.7. The summed E-state index contributed by atoms with van der Waals surface area (Å²) in [6, 6.07) is 9.33. The smallest absolute Gasteiger partial charge is 0.248 e. The monoisotopic (exact) mass is 349 g/mol. The molecule has 2 aromatic rings. The van der Waals surface area contributed by atoms with Crippen LogP contribution in [0.5, 0.6) is 11.5 Å². The van der Waals surface area contributed by atoms with Gasteiger partial charge in [-0.2, -0.15) is 0 Å². The fraction of sp³-hybridized carbons (Fsp3) is 0.167. The van der Waals surface area contributed by atoms with Crippen molar-refractivity contribution in [3.05, 3.63) is 58.9 Å². The molecule has 1 N–H and O–H groups in total. The Bertz CT molecular complexity index is 762. The van der Waals surface area contributed by atoms with Crippen LogP contribution in [-0.4, -0.2) is 19.6 Å². The van der Waals surface area contributed by atoms with Gasteiger partial charge in [-0.05, 0) is 48.9 Å². The lowest BCUT2D eigenvalue weighted by Gasteiger charge is -2.09.